The molecule has 1 aliphatic rings. The third-order valence-corrected chi connectivity index (χ3v) is 5.22. The lowest BCUT2D eigenvalue weighted by Crippen LogP contribution is -2.49. The Balaban J connectivity index is 1.99. The highest BCUT2D eigenvalue weighted by atomic mass is 127. The van der Waals surface area contributed by atoms with Gasteiger partial charge in [-0.3, -0.25) is 0 Å². The average Bonchev–Trinajstić information content (AvgIpc) is 2.56. The summed E-state index contributed by atoms with van der Waals surface area (Å²) in [4.78, 5) is 0. The van der Waals surface area contributed by atoms with Gasteiger partial charge in [-0.15, -0.1) is 0 Å². The maximum absolute atomic E-state index is 13.5. The molecule has 0 spiro atoms. The predicted molar refractivity (Wildman–Crippen MR) is 104 cm³/mol. The molecule has 2 nitrogen and oxygen atoms in total. The quantitative estimate of drug-likeness (QED) is 0.422. The maximum Gasteiger partial charge on any atom is 0.432 e. The van der Waals surface area contributed by atoms with Gasteiger partial charge in [0.1, 0.15) is 17.2 Å². The zero-order chi connectivity index (χ0) is 19.1. The van der Waals surface area contributed by atoms with E-state index in [1.165, 1.54) is 19.1 Å². The van der Waals surface area contributed by atoms with Gasteiger partial charge in [0.2, 0.25) is 5.60 Å². The molecule has 3 rings (SSSR count). The van der Waals surface area contributed by atoms with Crippen molar-refractivity contribution in [3.63, 3.8) is 0 Å². The highest BCUT2D eigenvalue weighted by molar-refractivity contribution is 14.1. The topological polar surface area (TPSA) is 18.5 Å². The summed E-state index contributed by atoms with van der Waals surface area (Å²) in [5, 5.41) is 0.297. The van der Waals surface area contributed by atoms with Gasteiger partial charge in [-0.2, -0.15) is 13.2 Å². The second-order valence-electron chi connectivity index (χ2n) is 6.01. The van der Waals surface area contributed by atoms with E-state index in [-0.39, 0.29) is 17.9 Å². The molecule has 26 heavy (non-hydrogen) atoms. The van der Waals surface area contributed by atoms with E-state index in [4.69, 9.17) is 21.1 Å². The molecule has 2 aromatic rings. The van der Waals surface area contributed by atoms with Crippen molar-refractivity contribution < 1.29 is 22.6 Å². The summed E-state index contributed by atoms with van der Waals surface area (Å²) in [6.45, 7) is 3.32. The van der Waals surface area contributed by atoms with Gasteiger partial charge >= 0.3 is 6.18 Å². The van der Waals surface area contributed by atoms with E-state index in [0.29, 0.717) is 16.3 Å². The second kappa shape index (κ2) is 6.96. The first kappa shape index (κ1) is 19.4. The van der Waals surface area contributed by atoms with E-state index >= 15 is 0 Å². The normalized spacial score (nSPS) is 19.0. The highest BCUT2D eigenvalue weighted by Crippen LogP contribution is 2.46. The molecule has 1 heterocycles. The maximum atomic E-state index is 13.5. The molecule has 1 atom stereocenters. The van der Waals surface area contributed by atoms with E-state index in [2.05, 4.69) is 22.6 Å². The second-order valence-corrected chi connectivity index (χ2v) is 7.66. The standard InChI is InChI=1S/C19H15ClF3IO2/c1-3-18(19(21,22)23)7-6-12-9-14(20)17(10-16(12)26-18)25-15-5-4-13(24)8-11(15)2/h4-10H,3H2,1-2H3. The summed E-state index contributed by atoms with van der Waals surface area (Å²) in [5.41, 5.74) is -0.969. The highest BCUT2D eigenvalue weighted by Gasteiger charge is 2.55. The molecule has 0 N–H and O–H groups in total. The average molecular weight is 495 g/mol. The van der Waals surface area contributed by atoms with Crippen LogP contribution in [0.1, 0.15) is 24.5 Å². The van der Waals surface area contributed by atoms with Crippen molar-refractivity contribution in [1.29, 1.82) is 0 Å². The van der Waals surface area contributed by atoms with E-state index < -0.39 is 11.8 Å². The minimum atomic E-state index is -4.52. The van der Waals surface area contributed by atoms with E-state index in [9.17, 15) is 13.2 Å². The fraction of sp³-hybridized carbons (Fsp3) is 0.263. The molecule has 1 unspecified atom stereocenters. The smallest absolute Gasteiger partial charge is 0.432 e. The minimum Gasteiger partial charge on any atom is -0.473 e. The van der Waals surface area contributed by atoms with Crippen LogP contribution in [0.15, 0.2) is 36.4 Å². The number of hydrogen-bond acceptors (Lipinski definition) is 2. The summed E-state index contributed by atoms with van der Waals surface area (Å²) in [6.07, 6.45) is -2.33. The first-order valence-corrected chi connectivity index (χ1v) is 9.33. The number of aryl methyl sites for hydroxylation is 1. The Bertz CT molecular complexity index is 880. The van der Waals surface area contributed by atoms with Crippen molar-refractivity contribution in [2.75, 3.05) is 0 Å². The van der Waals surface area contributed by atoms with Crippen LogP contribution in [-0.4, -0.2) is 11.8 Å². The first-order chi connectivity index (χ1) is 12.1. The van der Waals surface area contributed by atoms with E-state index in [0.717, 1.165) is 15.2 Å². The number of ether oxygens (including phenoxy) is 2. The van der Waals surface area contributed by atoms with Crippen molar-refractivity contribution in [3.8, 4) is 17.2 Å². The monoisotopic (exact) mass is 494 g/mol. The van der Waals surface area contributed by atoms with Gasteiger partial charge in [0.25, 0.3) is 0 Å². The third-order valence-electron chi connectivity index (χ3n) is 4.25. The van der Waals surface area contributed by atoms with Crippen LogP contribution in [-0.2, 0) is 0 Å². The Hall–Kier alpha value is -1.41. The zero-order valence-corrected chi connectivity index (χ0v) is 16.9. The SMILES string of the molecule is CCC1(C(F)(F)F)C=Cc2cc(Cl)c(Oc3ccc(I)cc3C)cc2O1. The lowest BCUT2D eigenvalue weighted by Gasteiger charge is -2.35. The van der Waals surface area contributed by atoms with Crippen LogP contribution in [0.3, 0.4) is 0 Å². The number of fused-ring (bicyclic) bond motifs is 1. The third kappa shape index (κ3) is 3.53. The van der Waals surface area contributed by atoms with Crippen LogP contribution in [0.5, 0.6) is 17.2 Å². The Labute approximate surface area is 168 Å². The lowest BCUT2D eigenvalue weighted by atomic mass is 9.94. The molecule has 0 aliphatic carbocycles. The van der Waals surface area contributed by atoms with Crippen molar-refractivity contribution in [3.05, 3.63) is 56.1 Å². The van der Waals surface area contributed by atoms with Crippen molar-refractivity contribution in [1.82, 2.24) is 0 Å². The van der Waals surface area contributed by atoms with Crippen LogP contribution >= 0.6 is 34.2 Å². The molecular formula is C19H15ClF3IO2. The van der Waals surface area contributed by atoms with Gasteiger partial charge in [0, 0.05) is 15.2 Å². The van der Waals surface area contributed by atoms with Crippen molar-refractivity contribution >= 4 is 40.3 Å². The summed E-state index contributed by atoms with van der Waals surface area (Å²) < 4.78 is 52.7. The fourth-order valence-electron chi connectivity index (χ4n) is 2.69. The summed E-state index contributed by atoms with van der Waals surface area (Å²) in [6, 6.07) is 8.56. The van der Waals surface area contributed by atoms with Gasteiger partial charge in [-0.05, 0) is 71.8 Å². The summed E-state index contributed by atoms with van der Waals surface area (Å²) in [5.74, 6) is 0.919. The van der Waals surface area contributed by atoms with Gasteiger partial charge in [-0.25, -0.2) is 0 Å². The van der Waals surface area contributed by atoms with Crippen molar-refractivity contribution in [2.24, 2.45) is 0 Å². The van der Waals surface area contributed by atoms with Gasteiger partial charge in [0.15, 0.2) is 0 Å². The molecule has 0 aromatic heterocycles. The molecule has 0 saturated heterocycles. The first-order valence-electron chi connectivity index (χ1n) is 7.88. The molecule has 0 amide bonds. The number of hydrogen-bond donors (Lipinski definition) is 0. The van der Waals surface area contributed by atoms with Crippen LogP contribution in [0.4, 0.5) is 13.2 Å². The molecule has 0 fully saturated rings. The lowest BCUT2D eigenvalue weighted by molar-refractivity contribution is -0.230. The fourth-order valence-corrected chi connectivity index (χ4v) is 3.55. The molecule has 1 aliphatic heterocycles. The molecule has 0 saturated carbocycles. The van der Waals surface area contributed by atoms with Crippen LogP contribution < -0.4 is 9.47 Å². The van der Waals surface area contributed by atoms with Crippen LogP contribution in [0.2, 0.25) is 5.02 Å². The Morgan fingerprint density at radius 3 is 2.54 bits per heavy atom. The van der Waals surface area contributed by atoms with Crippen molar-refractivity contribution in [2.45, 2.75) is 32.0 Å². The Kier molecular flexibility index (Phi) is 5.18. The Morgan fingerprint density at radius 2 is 1.92 bits per heavy atom. The summed E-state index contributed by atoms with van der Waals surface area (Å²) >= 11 is 8.44. The van der Waals surface area contributed by atoms with Crippen LogP contribution in [0.25, 0.3) is 6.08 Å². The molecule has 0 bridgehead atoms. The van der Waals surface area contributed by atoms with Gasteiger partial charge in [-0.1, -0.05) is 24.6 Å². The molecule has 2 aromatic carbocycles. The molecular weight excluding hydrogens is 480 g/mol. The Morgan fingerprint density at radius 1 is 1.19 bits per heavy atom. The predicted octanol–water partition coefficient (Wildman–Crippen LogP) is 7.16. The van der Waals surface area contributed by atoms with E-state index in [1.807, 2.05) is 19.1 Å². The molecule has 7 heteroatoms. The van der Waals surface area contributed by atoms with E-state index in [1.54, 1.807) is 12.1 Å². The number of alkyl halides is 3. The largest absolute Gasteiger partial charge is 0.473 e. The summed E-state index contributed by atoms with van der Waals surface area (Å²) in [7, 11) is 0. The van der Waals surface area contributed by atoms with Gasteiger partial charge < -0.3 is 9.47 Å². The molecule has 138 valence electrons. The zero-order valence-electron chi connectivity index (χ0n) is 14.0. The van der Waals surface area contributed by atoms with Crippen LogP contribution in [0, 0.1) is 10.5 Å². The minimum absolute atomic E-state index is 0.0919. The number of benzene rings is 2. The van der Waals surface area contributed by atoms with Gasteiger partial charge in [0.05, 0.1) is 5.02 Å². The number of rotatable bonds is 3. The molecule has 0 radical (unpaired) electrons. The number of halogens is 5.